The van der Waals surface area contributed by atoms with E-state index in [2.05, 4.69) is 54.1 Å². The van der Waals surface area contributed by atoms with Crippen LogP contribution in [0.25, 0.3) is 5.69 Å². The number of hydrogen-bond acceptors (Lipinski definition) is 3. The van der Waals surface area contributed by atoms with Crippen LogP contribution >= 0.6 is 0 Å². The molecule has 0 radical (unpaired) electrons. The van der Waals surface area contributed by atoms with Crippen molar-refractivity contribution < 1.29 is 0 Å². The molecule has 0 aliphatic carbocycles. The van der Waals surface area contributed by atoms with Crippen molar-refractivity contribution in [2.75, 3.05) is 27.2 Å². The fourth-order valence-corrected chi connectivity index (χ4v) is 3.09. The Morgan fingerprint density at radius 1 is 1.38 bits per heavy atom. The molecule has 4 heteroatoms. The molecule has 1 aliphatic rings. The number of rotatable bonds is 4. The summed E-state index contributed by atoms with van der Waals surface area (Å²) in [6, 6.07) is 9.25. The molecule has 1 atom stereocenters. The fraction of sp³-hybridized carbons (Fsp3) is 0.471. The third kappa shape index (κ3) is 3.17. The summed E-state index contributed by atoms with van der Waals surface area (Å²) >= 11 is 0. The van der Waals surface area contributed by atoms with Gasteiger partial charge in [0, 0.05) is 31.5 Å². The second-order valence-electron chi connectivity index (χ2n) is 6.18. The number of benzene rings is 1. The highest BCUT2D eigenvalue weighted by Gasteiger charge is 2.23. The van der Waals surface area contributed by atoms with Gasteiger partial charge in [-0.1, -0.05) is 6.07 Å². The summed E-state index contributed by atoms with van der Waals surface area (Å²) in [5, 5.41) is 4.29. The zero-order valence-corrected chi connectivity index (χ0v) is 13.2. The number of hydrogen-bond donors (Lipinski definition) is 0. The molecule has 21 heavy (non-hydrogen) atoms. The monoisotopic (exact) mass is 284 g/mol. The van der Waals surface area contributed by atoms with Crippen molar-refractivity contribution in [3.63, 3.8) is 0 Å². The van der Waals surface area contributed by atoms with Crippen LogP contribution < -0.4 is 0 Å². The Bertz CT molecular complexity index is 591. The predicted octanol–water partition coefficient (Wildman–Crippen LogP) is 2.32. The van der Waals surface area contributed by atoms with Gasteiger partial charge in [-0.3, -0.25) is 4.90 Å². The molecule has 0 amide bonds. The van der Waals surface area contributed by atoms with E-state index in [4.69, 9.17) is 0 Å². The molecule has 0 unspecified atom stereocenters. The van der Waals surface area contributed by atoms with E-state index in [0.717, 1.165) is 12.2 Å². The molecule has 2 heterocycles. The maximum absolute atomic E-state index is 4.29. The lowest BCUT2D eigenvalue weighted by molar-refractivity contribution is 0.234. The fourth-order valence-electron chi connectivity index (χ4n) is 3.09. The lowest BCUT2D eigenvalue weighted by atomic mass is 10.1. The molecule has 2 aromatic rings. The largest absolute Gasteiger partial charge is 0.305 e. The Morgan fingerprint density at radius 3 is 2.86 bits per heavy atom. The van der Waals surface area contributed by atoms with Gasteiger partial charge in [0.2, 0.25) is 0 Å². The molecule has 1 fully saturated rings. The van der Waals surface area contributed by atoms with Crippen molar-refractivity contribution in [1.82, 2.24) is 19.6 Å². The molecule has 1 aromatic carbocycles. The van der Waals surface area contributed by atoms with E-state index in [0.29, 0.717) is 6.04 Å². The Morgan fingerprint density at radius 2 is 2.24 bits per heavy atom. The molecule has 0 saturated carbocycles. The van der Waals surface area contributed by atoms with Crippen molar-refractivity contribution in [3.8, 4) is 5.69 Å². The lowest BCUT2D eigenvalue weighted by Crippen LogP contribution is -2.33. The maximum atomic E-state index is 4.29. The van der Waals surface area contributed by atoms with Gasteiger partial charge < -0.3 is 4.90 Å². The number of nitrogens with zero attached hydrogens (tertiary/aromatic N) is 4. The lowest BCUT2D eigenvalue weighted by Gasteiger charge is -2.25. The van der Waals surface area contributed by atoms with Gasteiger partial charge >= 0.3 is 0 Å². The summed E-state index contributed by atoms with van der Waals surface area (Å²) in [6.07, 6.45) is 5.07. The smallest absolute Gasteiger partial charge is 0.0648 e. The molecule has 0 N–H and O–H groups in total. The summed E-state index contributed by atoms with van der Waals surface area (Å²) in [7, 11) is 4.45. The van der Waals surface area contributed by atoms with Crippen molar-refractivity contribution in [1.29, 1.82) is 0 Å². The maximum Gasteiger partial charge on any atom is 0.0648 e. The molecule has 0 spiro atoms. The first-order chi connectivity index (χ1) is 10.1. The van der Waals surface area contributed by atoms with E-state index in [9.17, 15) is 0 Å². The van der Waals surface area contributed by atoms with Gasteiger partial charge in [-0.25, -0.2) is 4.68 Å². The molecule has 0 bridgehead atoms. The Hall–Kier alpha value is -1.65. The van der Waals surface area contributed by atoms with Crippen LogP contribution in [0.1, 0.15) is 17.5 Å². The summed E-state index contributed by atoms with van der Waals surface area (Å²) in [4.78, 5) is 4.90. The standard InChI is InChI=1S/C17H24N4/c1-14-11-16(21-9-4-8-18-21)6-5-15(14)12-20(3)17-7-10-19(2)13-17/h4-6,8-9,11,17H,7,10,12-13H2,1-3H3/t17-/m0/s1. The zero-order valence-electron chi connectivity index (χ0n) is 13.2. The van der Waals surface area contributed by atoms with Gasteiger partial charge in [-0.2, -0.15) is 5.10 Å². The van der Waals surface area contributed by atoms with Crippen molar-refractivity contribution >= 4 is 0 Å². The van der Waals surface area contributed by atoms with E-state index in [1.54, 1.807) is 0 Å². The topological polar surface area (TPSA) is 24.3 Å². The van der Waals surface area contributed by atoms with Crippen LogP contribution in [-0.4, -0.2) is 52.8 Å². The van der Waals surface area contributed by atoms with E-state index in [-0.39, 0.29) is 0 Å². The zero-order chi connectivity index (χ0) is 14.8. The summed E-state index contributed by atoms with van der Waals surface area (Å²) in [5.41, 5.74) is 3.87. The van der Waals surface area contributed by atoms with Gasteiger partial charge in [0.25, 0.3) is 0 Å². The van der Waals surface area contributed by atoms with Gasteiger partial charge in [-0.15, -0.1) is 0 Å². The second kappa shape index (κ2) is 6.00. The number of aromatic nitrogens is 2. The number of likely N-dealkylation sites (N-methyl/N-ethyl adjacent to an activating group) is 2. The van der Waals surface area contributed by atoms with Crippen LogP contribution in [0.3, 0.4) is 0 Å². The van der Waals surface area contributed by atoms with Crippen molar-refractivity contribution in [2.24, 2.45) is 0 Å². The summed E-state index contributed by atoms with van der Waals surface area (Å²) < 4.78 is 1.91. The van der Waals surface area contributed by atoms with Crippen LogP contribution in [0, 0.1) is 6.92 Å². The molecule has 1 aromatic heterocycles. The second-order valence-corrected chi connectivity index (χ2v) is 6.18. The van der Waals surface area contributed by atoms with Crippen LogP contribution in [0.15, 0.2) is 36.7 Å². The average Bonchev–Trinajstić information content (AvgIpc) is 3.12. The average molecular weight is 284 g/mol. The minimum absolute atomic E-state index is 0.681. The normalized spacial score (nSPS) is 19.5. The van der Waals surface area contributed by atoms with E-state index in [1.165, 1.54) is 30.6 Å². The quantitative estimate of drug-likeness (QED) is 0.861. The summed E-state index contributed by atoms with van der Waals surface area (Å²) in [6.45, 7) is 5.60. The third-order valence-corrected chi connectivity index (χ3v) is 4.50. The summed E-state index contributed by atoms with van der Waals surface area (Å²) in [5.74, 6) is 0. The first kappa shape index (κ1) is 14.3. The van der Waals surface area contributed by atoms with E-state index in [1.807, 2.05) is 23.1 Å². The molecule has 112 valence electrons. The van der Waals surface area contributed by atoms with E-state index >= 15 is 0 Å². The van der Waals surface area contributed by atoms with Crippen LogP contribution in [0.4, 0.5) is 0 Å². The molecule has 1 aliphatic heterocycles. The van der Waals surface area contributed by atoms with E-state index < -0.39 is 0 Å². The van der Waals surface area contributed by atoms with Gasteiger partial charge in [0.1, 0.15) is 0 Å². The minimum Gasteiger partial charge on any atom is -0.305 e. The van der Waals surface area contributed by atoms with Crippen LogP contribution in [0.5, 0.6) is 0 Å². The predicted molar refractivity (Wildman–Crippen MR) is 85.7 cm³/mol. The molecule has 4 nitrogen and oxygen atoms in total. The third-order valence-electron chi connectivity index (χ3n) is 4.50. The highest BCUT2D eigenvalue weighted by molar-refractivity contribution is 5.39. The van der Waals surface area contributed by atoms with Crippen LogP contribution in [-0.2, 0) is 6.54 Å². The van der Waals surface area contributed by atoms with Crippen molar-refractivity contribution in [2.45, 2.75) is 25.9 Å². The Kier molecular flexibility index (Phi) is 4.08. The first-order valence-corrected chi connectivity index (χ1v) is 7.62. The van der Waals surface area contributed by atoms with Gasteiger partial charge in [-0.05, 0) is 63.3 Å². The Labute approximate surface area is 127 Å². The first-order valence-electron chi connectivity index (χ1n) is 7.62. The SMILES string of the molecule is Cc1cc(-n2cccn2)ccc1CN(C)[C@H]1CCN(C)C1. The molecule has 1 saturated heterocycles. The molecule has 3 rings (SSSR count). The number of aryl methyl sites for hydroxylation is 1. The highest BCUT2D eigenvalue weighted by atomic mass is 15.3. The van der Waals surface area contributed by atoms with Crippen LogP contribution in [0.2, 0.25) is 0 Å². The minimum atomic E-state index is 0.681. The molecular formula is C17H24N4. The molecular weight excluding hydrogens is 260 g/mol. The Balaban J connectivity index is 1.71. The van der Waals surface area contributed by atoms with Crippen molar-refractivity contribution in [3.05, 3.63) is 47.8 Å². The van der Waals surface area contributed by atoms with Gasteiger partial charge in [0.15, 0.2) is 0 Å². The highest BCUT2D eigenvalue weighted by Crippen LogP contribution is 2.19. The van der Waals surface area contributed by atoms with Gasteiger partial charge in [0.05, 0.1) is 5.69 Å². The number of likely N-dealkylation sites (tertiary alicyclic amines) is 1.